The molecule has 0 spiro atoms. The van der Waals surface area contributed by atoms with Crippen LogP contribution < -0.4 is 10.6 Å². The molecule has 0 saturated carbocycles. The Morgan fingerprint density at radius 1 is 1.38 bits per heavy atom. The van der Waals surface area contributed by atoms with Gasteiger partial charge >= 0.3 is 0 Å². The number of hydrogen-bond acceptors (Lipinski definition) is 3. The summed E-state index contributed by atoms with van der Waals surface area (Å²) in [5, 5.41) is 10.7. The Labute approximate surface area is 144 Å². The summed E-state index contributed by atoms with van der Waals surface area (Å²) in [7, 11) is 3.51. The van der Waals surface area contributed by atoms with E-state index in [1.807, 2.05) is 16.9 Å². The number of aliphatic imine (C=N–C) groups is 1. The molecule has 0 aliphatic rings. The molecule has 0 radical (unpaired) electrons. The lowest BCUT2D eigenvalue weighted by atomic mass is 9.89. The molecule has 6 nitrogen and oxygen atoms in total. The molecular weight excluding hydrogens is 381 g/mol. The highest BCUT2D eigenvalue weighted by Gasteiger charge is 2.24. The standard InChI is InChI=1S/C14H27N5O.HI/c1-14(2,3)12(20-5)11-17-13(15-4)16-8-10-19-9-6-7-18-19;/h6-7,9,12H,8,10-11H2,1-5H3,(H2,15,16,17);1H. The van der Waals surface area contributed by atoms with Gasteiger partial charge in [-0.25, -0.2) is 0 Å². The molecule has 122 valence electrons. The molecule has 0 aliphatic heterocycles. The van der Waals surface area contributed by atoms with Crippen LogP contribution in [0.2, 0.25) is 0 Å². The van der Waals surface area contributed by atoms with Crippen molar-refractivity contribution in [3.63, 3.8) is 0 Å². The Morgan fingerprint density at radius 3 is 2.57 bits per heavy atom. The van der Waals surface area contributed by atoms with Gasteiger partial charge in [-0.05, 0) is 11.5 Å². The first-order valence-electron chi connectivity index (χ1n) is 6.92. The summed E-state index contributed by atoms with van der Waals surface area (Å²) in [5.41, 5.74) is 0.0929. The summed E-state index contributed by atoms with van der Waals surface area (Å²) < 4.78 is 7.40. The highest BCUT2D eigenvalue weighted by Crippen LogP contribution is 2.20. The van der Waals surface area contributed by atoms with Crippen molar-refractivity contribution < 1.29 is 4.74 Å². The molecule has 2 N–H and O–H groups in total. The van der Waals surface area contributed by atoms with Crippen molar-refractivity contribution in [1.29, 1.82) is 0 Å². The minimum Gasteiger partial charge on any atom is -0.379 e. The summed E-state index contributed by atoms with van der Waals surface area (Å²) in [4.78, 5) is 4.20. The van der Waals surface area contributed by atoms with E-state index in [4.69, 9.17) is 4.74 Å². The number of rotatable bonds is 6. The van der Waals surface area contributed by atoms with Crippen LogP contribution in [0, 0.1) is 5.41 Å². The summed E-state index contributed by atoms with van der Waals surface area (Å²) in [6.07, 6.45) is 3.85. The maximum atomic E-state index is 5.51. The van der Waals surface area contributed by atoms with Gasteiger partial charge in [0, 0.05) is 39.6 Å². The average molecular weight is 409 g/mol. The number of nitrogens with one attached hydrogen (secondary N) is 2. The quantitative estimate of drug-likeness (QED) is 0.427. The molecule has 0 saturated heterocycles. The van der Waals surface area contributed by atoms with Crippen LogP contribution in [-0.2, 0) is 11.3 Å². The van der Waals surface area contributed by atoms with Crippen LogP contribution in [0.1, 0.15) is 20.8 Å². The minimum atomic E-state index is 0. The summed E-state index contributed by atoms with van der Waals surface area (Å²) in [5.74, 6) is 0.781. The number of hydrogen-bond donors (Lipinski definition) is 2. The van der Waals surface area contributed by atoms with Crippen molar-refractivity contribution in [3.8, 4) is 0 Å². The van der Waals surface area contributed by atoms with Gasteiger partial charge in [-0.1, -0.05) is 20.8 Å². The molecule has 1 atom stereocenters. The van der Waals surface area contributed by atoms with E-state index in [0.717, 1.165) is 25.6 Å². The molecule has 7 heteroatoms. The van der Waals surface area contributed by atoms with Crippen molar-refractivity contribution >= 4 is 29.9 Å². The molecule has 0 aliphatic carbocycles. The molecule has 1 unspecified atom stereocenters. The topological polar surface area (TPSA) is 63.5 Å². The zero-order valence-electron chi connectivity index (χ0n) is 13.6. The van der Waals surface area contributed by atoms with E-state index < -0.39 is 0 Å². The second-order valence-corrected chi connectivity index (χ2v) is 5.74. The van der Waals surface area contributed by atoms with E-state index in [1.54, 1.807) is 20.4 Å². The van der Waals surface area contributed by atoms with Crippen molar-refractivity contribution in [3.05, 3.63) is 18.5 Å². The number of guanidine groups is 1. The average Bonchev–Trinajstić information content (AvgIpc) is 2.88. The van der Waals surface area contributed by atoms with Crippen molar-refractivity contribution in [1.82, 2.24) is 20.4 Å². The van der Waals surface area contributed by atoms with Gasteiger partial charge in [0.25, 0.3) is 0 Å². The molecule has 1 aromatic heterocycles. The lowest BCUT2D eigenvalue weighted by Gasteiger charge is -2.30. The van der Waals surface area contributed by atoms with Crippen LogP contribution in [0.5, 0.6) is 0 Å². The molecule has 0 fully saturated rings. The van der Waals surface area contributed by atoms with E-state index in [1.165, 1.54) is 0 Å². The second-order valence-electron chi connectivity index (χ2n) is 5.74. The third-order valence-electron chi connectivity index (χ3n) is 3.12. The van der Waals surface area contributed by atoms with E-state index in [0.29, 0.717) is 0 Å². The largest absolute Gasteiger partial charge is 0.379 e. The normalized spacial score (nSPS) is 13.5. The van der Waals surface area contributed by atoms with Crippen LogP contribution in [0.3, 0.4) is 0 Å². The zero-order chi connectivity index (χ0) is 15.0. The van der Waals surface area contributed by atoms with Gasteiger partial charge in [-0.2, -0.15) is 5.10 Å². The fourth-order valence-electron chi connectivity index (χ4n) is 1.87. The van der Waals surface area contributed by atoms with Crippen LogP contribution in [0.15, 0.2) is 23.5 Å². The van der Waals surface area contributed by atoms with Gasteiger partial charge in [-0.3, -0.25) is 9.67 Å². The van der Waals surface area contributed by atoms with Crippen molar-refractivity contribution in [2.45, 2.75) is 33.4 Å². The Balaban J connectivity index is 0.00000400. The van der Waals surface area contributed by atoms with Gasteiger partial charge in [0.05, 0.1) is 12.6 Å². The molecule has 1 rings (SSSR count). The second kappa shape index (κ2) is 9.99. The van der Waals surface area contributed by atoms with Crippen LogP contribution in [0.25, 0.3) is 0 Å². The number of nitrogens with zero attached hydrogens (tertiary/aromatic N) is 3. The first kappa shape index (κ1) is 20.2. The fraction of sp³-hybridized carbons (Fsp3) is 0.714. The molecule has 0 bridgehead atoms. The smallest absolute Gasteiger partial charge is 0.191 e. The van der Waals surface area contributed by atoms with Gasteiger partial charge in [0.2, 0.25) is 0 Å². The zero-order valence-corrected chi connectivity index (χ0v) is 15.9. The molecule has 0 aromatic carbocycles. The monoisotopic (exact) mass is 409 g/mol. The molecule has 21 heavy (non-hydrogen) atoms. The van der Waals surface area contributed by atoms with Crippen LogP contribution in [0.4, 0.5) is 0 Å². The summed E-state index contributed by atoms with van der Waals surface area (Å²) >= 11 is 0. The predicted octanol–water partition coefficient (Wildman–Crippen LogP) is 1.73. The molecule has 1 heterocycles. The van der Waals surface area contributed by atoms with Gasteiger partial charge in [0.1, 0.15) is 0 Å². The third kappa shape index (κ3) is 7.66. The highest BCUT2D eigenvalue weighted by molar-refractivity contribution is 14.0. The lowest BCUT2D eigenvalue weighted by Crippen LogP contribution is -2.45. The Hall–Kier alpha value is -0.830. The fourth-order valence-corrected chi connectivity index (χ4v) is 1.87. The SMILES string of the molecule is CN=C(NCCn1cccn1)NCC(OC)C(C)(C)C.I. The van der Waals surface area contributed by atoms with E-state index >= 15 is 0 Å². The van der Waals surface area contributed by atoms with Gasteiger partial charge in [0.15, 0.2) is 5.96 Å². The van der Waals surface area contributed by atoms with E-state index in [-0.39, 0.29) is 35.5 Å². The Kier molecular flexibility index (Phi) is 9.60. The van der Waals surface area contributed by atoms with Crippen LogP contribution in [-0.4, -0.2) is 49.1 Å². The third-order valence-corrected chi connectivity index (χ3v) is 3.12. The molecular formula is C14H28IN5O. The van der Waals surface area contributed by atoms with E-state index in [2.05, 4.69) is 41.5 Å². The number of ether oxygens (including phenoxy) is 1. The van der Waals surface area contributed by atoms with Gasteiger partial charge in [-0.15, -0.1) is 24.0 Å². The maximum absolute atomic E-state index is 5.51. The van der Waals surface area contributed by atoms with Crippen LogP contribution >= 0.6 is 24.0 Å². The predicted molar refractivity (Wildman–Crippen MR) is 97.3 cm³/mol. The number of methoxy groups -OCH3 is 1. The van der Waals surface area contributed by atoms with E-state index in [9.17, 15) is 0 Å². The van der Waals surface area contributed by atoms with Crippen molar-refractivity contribution in [2.24, 2.45) is 10.4 Å². The number of aromatic nitrogens is 2. The molecule has 1 aromatic rings. The molecule has 0 amide bonds. The summed E-state index contributed by atoms with van der Waals surface area (Å²) in [6, 6.07) is 1.92. The summed E-state index contributed by atoms with van der Waals surface area (Å²) in [6.45, 7) is 8.79. The minimum absolute atomic E-state index is 0. The highest BCUT2D eigenvalue weighted by atomic mass is 127. The van der Waals surface area contributed by atoms with Crippen molar-refractivity contribution in [2.75, 3.05) is 27.2 Å². The number of halogens is 1. The Morgan fingerprint density at radius 2 is 2.10 bits per heavy atom. The Bertz CT molecular complexity index is 400. The maximum Gasteiger partial charge on any atom is 0.191 e. The first-order chi connectivity index (χ1) is 9.47. The van der Waals surface area contributed by atoms with Gasteiger partial charge < -0.3 is 15.4 Å². The first-order valence-corrected chi connectivity index (χ1v) is 6.92. The lowest BCUT2D eigenvalue weighted by molar-refractivity contribution is 0.0205.